The third-order valence-electron chi connectivity index (χ3n) is 2.21. The predicted octanol–water partition coefficient (Wildman–Crippen LogP) is 3.66. The topological polar surface area (TPSA) is 49.3 Å². The minimum atomic E-state index is -4.47. The Hall–Kier alpha value is -0.430. The number of alkyl halides is 3. The van der Waals surface area contributed by atoms with E-state index in [2.05, 4.69) is 0 Å². The summed E-state index contributed by atoms with van der Waals surface area (Å²) in [6.45, 7) is 7.88. The first kappa shape index (κ1) is 17.6. The maximum atomic E-state index is 12.0. The number of carboxylic acid groups (broad SMARTS) is 1. The molecule has 2 N–H and O–H groups in total. The number of nitrogens with one attached hydrogen (secondary N) is 1. The van der Waals surface area contributed by atoms with Crippen LogP contribution in [0.15, 0.2) is 0 Å². The van der Waals surface area contributed by atoms with Crippen molar-refractivity contribution in [3.8, 4) is 0 Å². The fourth-order valence-electron chi connectivity index (χ4n) is 1.87. The van der Waals surface area contributed by atoms with E-state index in [4.69, 9.17) is 5.11 Å². The summed E-state index contributed by atoms with van der Waals surface area (Å²) in [5.74, 6) is -1.22. The van der Waals surface area contributed by atoms with Crippen molar-refractivity contribution in [2.45, 2.75) is 52.1 Å². The lowest BCUT2D eigenvalue weighted by Crippen LogP contribution is -2.36. The van der Waals surface area contributed by atoms with Gasteiger partial charge in [-0.15, -0.1) is 0 Å². The van der Waals surface area contributed by atoms with E-state index in [0.717, 1.165) is 6.42 Å². The second-order valence-corrected chi connectivity index (χ2v) is 6.56. The number of rotatable bonds is 6. The predicted molar refractivity (Wildman–Crippen MR) is 66.1 cm³/mol. The molecule has 0 aromatic rings. The molecule has 2 unspecified atom stereocenters. The zero-order chi connectivity index (χ0) is 14.6. The van der Waals surface area contributed by atoms with E-state index in [0.29, 0.717) is 0 Å². The molecular formula is C11H20F3NO2S. The van der Waals surface area contributed by atoms with Crippen molar-refractivity contribution in [3.05, 3.63) is 0 Å². The molecule has 108 valence electrons. The molecule has 0 aliphatic carbocycles. The highest BCUT2D eigenvalue weighted by molar-refractivity contribution is 7.98. The largest absolute Gasteiger partial charge is 0.480 e. The number of hydrogen-bond donors (Lipinski definition) is 2. The van der Waals surface area contributed by atoms with E-state index < -0.39 is 29.5 Å². The summed E-state index contributed by atoms with van der Waals surface area (Å²) < 4.78 is 38.0. The fourth-order valence-corrected chi connectivity index (χ4v) is 2.34. The molecule has 0 aromatic heterocycles. The number of carbonyl (C=O) groups is 1. The molecule has 0 aliphatic heterocycles. The summed E-state index contributed by atoms with van der Waals surface area (Å²) in [5, 5.41) is 8.87. The third-order valence-corrected chi connectivity index (χ3v) is 2.85. The molecule has 0 spiro atoms. The van der Waals surface area contributed by atoms with Crippen LogP contribution in [-0.2, 0) is 4.79 Å². The number of aliphatic carboxylic acids is 1. The Labute approximate surface area is 110 Å². The normalized spacial score (nSPS) is 16.4. The summed E-state index contributed by atoms with van der Waals surface area (Å²) in [6.07, 6.45) is 0.935. The molecule has 0 aliphatic rings. The van der Waals surface area contributed by atoms with Gasteiger partial charge in [0.15, 0.2) is 0 Å². The van der Waals surface area contributed by atoms with Gasteiger partial charge in [0.2, 0.25) is 0 Å². The summed E-state index contributed by atoms with van der Waals surface area (Å²) >= 11 is -0.501. The van der Waals surface area contributed by atoms with E-state index in [1.54, 1.807) is 0 Å². The zero-order valence-corrected chi connectivity index (χ0v) is 11.8. The van der Waals surface area contributed by atoms with Gasteiger partial charge in [-0.1, -0.05) is 27.7 Å². The van der Waals surface area contributed by atoms with Crippen LogP contribution < -0.4 is 4.72 Å². The van der Waals surface area contributed by atoms with Gasteiger partial charge in [0, 0.05) is 11.9 Å². The second kappa shape index (κ2) is 6.65. The van der Waals surface area contributed by atoms with Crippen LogP contribution in [0.3, 0.4) is 0 Å². The monoisotopic (exact) mass is 287 g/mol. The standard InChI is InChI=1S/C11H20F3NO2S/c1-7(6-10(2,3)4)5-8(9(16)17)15-18-11(12,13)14/h7-8,15H,5-6H2,1-4H3,(H,16,17). The van der Waals surface area contributed by atoms with Crippen molar-refractivity contribution in [1.29, 1.82) is 0 Å². The van der Waals surface area contributed by atoms with Gasteiger partial charge in [-0.3, -0.25) is 4.79 Å². The molecule has 0 saturated carbocycles. The van der Waals surface area contributed by atoms with Crippen molar-refractivity contribution < 1.29 is 23.1 Å². The molecule has 7 heteroatoms. The van der Waals surface area contributed by atoms with Crippen LogP contribution in [0.1, 0.15) is 40.5 Å². The second-order valence-electron chi connectivity index (χ2n) is 5.66. The molecular weight excluding hydrogens is 267 g/mol. The van der Waals surface area contributed by atoms with Gasteiger partial charge in [-0.2, -0.15) is 13.2 Å². The highest BCUT2D eigenvalue weighted by Crippen LogP contribution is 2.30. The van der Waals surface area contributed by atoms with Crippen molar-refractivity contribution in [3.63, 3.8) is 0 Å². The average molecular weight is 287 g/mol. The molecule has 18 heavy (non-hydrogen) atoms. The van der Waals surface area contributed by atoms with Crippen LogP contribution in [0.4, 0.5) is 13.2 Å². The van der Waals surface area contributed by atoms with Crippen molar-refractivity contribution in [1.82, 2.24) is 4.72 Å². The first-order valence-corrected chi connectivity index (χ1v) is 6.45. The van der Waals surface area contributed by atoms with Crippen LogP contribution in [0.5, 0.6) is 0 Å². The third kappa shape index (κ3) is 9.58. The molecule has 2 atom stereocenters. The SMILES string of the molecule is CC(CC(NSC(F)(F)F)C(=O)O)CC(C)(C)C. The van der Waals surface area contributed by atoms with Gasteiger partial charge in [0.1, 0.15) is 6.04 Å². The van der Waals surface area contributed by atoms with Crippen LogP contribution in [0.2, 0.25) is 0 Å². The molecule has 0 bridgehead atoms. The molecule has 0 saturated heterocycles. The molecule has 0 fully saturated rings. The average Bonchev–Trinajstić information content (AvgIpc) is 2.06. The molecule has 0 heterocycles. The van der Waals surface area contributed by atoms with Gasteiger partial charge in [0.25, 0.3) is 0 Å². The lowest BCUT2D eigenvalue weighted by molar-refractivity contribution is -0.139. The smallest absolute Gasteiger partial charge is 0.456 e. The zero-order valence-electron chi connectivity index (χ0n) is 11.0. The first-order valence-electron chi connectivity index (χ1n) is 5.64. The van der Waals surface area contributed by atoms with Crippen LogP contribution in [0.25, 0.3) is 0 Å². The van der Waals surface area contributed by atoms with E-state index in [-0.39, 0.29) is 17.8 Å². The molecule has 3 nitrogen and oxygen atoms in total. The lowest BCUT2D eigenvalue weighted by Gasteiger charge is -2.25. The highest BCUT2D eigenvalue weighted by atomic mass is 32.2. The fraction of sp³-hybridized carbons (Fsp3) is 0.909. The van der Waals surface area contributed by atoms with Crippen molar-refractivity contribution in [2.24, 2.45) is 11.3 Å². The number of carboxylic acids is 1. The summed E-state index contributed by atoms with van der Waals surface area (Å²) in [4.78, 5) is 10.9. The maximum absolute atomic E-state index is 12.0. The lowest BCUT2D eigenvalue weighted by atomic mass is 9.83. The van der Waals surface area contributed by atoms with Crippen LogP contribution in [-0.4, -0.2) is 22.6 Å². The maximum Gasteiger partial charge on any atom is 0.456 e. The quantitative estimate of drug-likeness (QED) is 0.732. The Kier molecular flexibility index (Phi) is 6.50. The van der Waals surface area contributed by atoms with Gasteiger partial charge in [-0.25, -0.2) is 4.72 Å². The molecule has 0 amide bonds. The minimum Gasteiger partial charge on any atom is -0.480 e. The molecule has 0 rings (SSSR count). The highest BCUT2D eigenvalue weighted by Gasteiger charge is 2.32. The molecule has 0 radical (unpaired) electrons. The van der Waals surface area contributed by atoms with Gasteiger partial charge >= 0.3 is 11.5 Å². The number of hydrogen-bond acceptors (Lipinski definition) is 3. The Morgan fingerprint density at radius 3 is 2.17 bits per heavy atom. The Morgan fingerprint density at radius 2 is 1.83 bits per heavy atom. The summed E-state index contributed by atoms with van der Waals surface area (Å²) in [7, 11) is 0. The summed E-state index contributed by atoms with van der Waals surface area (Å²) in [6, 6.07) is -1.19. The Morgan fingerprint density at radius 1 is 1.33 bits per heavy atom. The van der Waals surface area contributed by atoms with Gasteiger partial charge in [0.05, 0.1) is 0 Å². The van der Waals surface area contributed by atoms with E-state index in [1.165, 1.54) is 0 Å². The number of halogens is 3. The first-order chi connectivity index (χ1) is 7.91. The van der Waals surface area contributed by atoms with Gasteiger partial charge in [-0.05, 0) is 24.2 Å². The van der Waals surface area contributed by atoms with Gasteiger partial charge < -0.3 is 5.11 Å². The van der Waals surface area contributed by atoms with Crippen molar-refractivity contribution >= 4 is 17.9 Å². The Balaban J connectivity index is 4.32. The van der Waals surface area contributed by atoms with Crippen LogP contribution in [0, 0.1) is 11.3 Å². The van der Waals surface area contributed by atoms with E-state index in [9.17, 15) is 18.0 Å². The van der Waals surface area contributed by atoms with E-state index in [1.807, 2.05) is 32.4 Å². The summed E-state index contributed by atoms with van der Waals surface area (Å²) in [5.41, 5.74) is -4.44. The Bertz CT molecular complexity index is 276. The van der Waals surface area contributed by atoms with Crippen LogP contribution >= 0.6 is 11.9 Å². The van der Waals surface area contributed by atoms with E-state index >= 15 is 0 Å². The van der Waals surface area contributed by atoms with Crippen molar-refractivity contribution in [2.75, 3.05) is 0 Å². The minimum absolute atomic E-state index is 0.0274. The molecule has 0 aromatic carbocycles.